The fourth-order valence-electron chi connectivity index (χ4n) is 1.76. The highest BCUT2D eigenvalue weighted by atomic mass is 16.3. The molecule has 2 N–H and O–H groups in total. The number of allylic oxidation sites excluding steroid dienone is 1. The number of hydrogen-bond acceptors (Lipinski definition) is 4. The standard InChI is InChI=1S/C17H19N3O2/c1-13-6-3-4-8-16(13)18-12-17(21)20-19-14(2)9-10-15-7-5-11-22-15/h3-11,18H,12H2,1-2H3,(H,20,21)/b10-9+,19-14-. The van der Waals surface area contributed by atoms with Gasteiger partial charge in [0.1, 0.15) is 5.76 Å². The zero-order valence-electron chi connectivity index (χ0n) is 12.7. The summed E-state index contributed by atoms with van der Waals surface area (Å²) in [6, 6.07) is 11.5. The second-order valence-corrected chi connectivity index (χ2v) is 4.81. The van der Waals surface area contributed by atoms with Gasteiger partial charge in [-0.3, -0.25) is 4.79 Å². The third-order valence-electron chi connectivity index (χ3n) is 2.97. The van der Waals surface area contributed by atoms with Gasteiger partial charge in [0.15, 0.2) is 0 Å². The molecule has 1 heterocycles. The van der Waals surface area contributed by atoms with E-state index in [1.807, 2.05) is 43.3 Å². The van der Waals surface area contributed by atoms with Crippen LogP contribution in [0.4, 0.5) is 5.69 Å². The van der Waals surface area contributed by atoms with Crippen LogP contribution in [0.1, 0.15) is 18.2 Å². The summed E-state index contributed by atoms with van der Waals surface area (Å²) in [7, 11) is 0. The minimum Gasteiger partial charge on any atom is -0.465 e. The smallest absolute Gasteiger partial charge is 0.259 e. The predicted molar refractivity (Wildman–Crippen MR) is 88.7 cm³/mol. The van der Waals surface area contributed by atoms with Crippen LogP contribution in [0.5, 0.6) is 0 Å². The quantitative estimate of drug-likeness (QED) is 0.635. The monoisotopic (exact) mass is 297 g/mol. The molecule has 0 bridgehead atoms. The number of carbonyl (C=O) groups is 1. The molecule has 0 saturated carbocycles. The van der Waals surface area contributed by atoms with Crippen molar-refractivity contribution in [3.8, 4) is 0 Å². The molecule has 0 unspecified atom stereocenters. The second-order valence-electron chi connectivity index (χ2n) is 4.81. The summed E-state index contributed by atoms with van der Waals surface area (Å²) >= 11 is 0. The lowest BCUT2D eigenvalue weighted by Gasteiger charge is -2.08. The Morgan fingerprint density at radius 2 is 2.09 bits per heavy atom. The third kappa shape index (κ3) is 4.94. The zero-order chi connectivity index (χ0) is 15.8. The van der Waals surface area contributed by atoms with Crippen molar-refractivity contribution in [3.05, 3.63) is 60.1 Å². The van der Waals surface area contributed by atoms with Crippen LogP contribution >= 0.6 is 0 Å². The molecule has 0 aliphatic rings. The molecule has 1 amide bonds. The number of anilines is 1. The van der Waals surface area contributed by atoms with E-state index in [0.717, 1.165) is 17.0 Å². The maximum absolute atomic E-state index is 11.7. The summed E-state index contributed by atoms with van der Waals surface area (Å²) in [5, 5.41) is 7.08. The van der Waals surface area contributed by atoms with Gasteiger partial charge in [-0.1, -0.05) is 18.2 Å². The summed E-state index contributed by atoms with van der Waals surface area (Å²) in [5.41, 5.74) is 5.22. The molecule has 0 saturated heterocycles. The first kappa shape index (κ1) is 15.6. The minimum atomic E-state index is -0.200. The van der Waals surface area contributed by atoms with Crippen molar-refractivity contribution in [2.75, 3.05) is 11.9 Å². The van der Waals surface area contributed by atoms with Gasteiger partial charge < -0.3 is 9.73 Å². The highest BCUT2D eigenvalue weighted by Gasteiger charge is 2.01. The van der Waals surface area contributed by atoms with Crippen molar-refractivity contribution in [1.29, 1.82) is 0 Å². The van der Waals surface area contributed by atoms with Crippen molar-refractivity contribution in [1.82, 2.24) is 5.43 Å². The van der Waals surface area contributed by atoms with E-state index in [0.29, 0.717) is 5.71 Å². The number of aryl methyl sites for hydroxylation is 1. The topological polar surface area (TPSA) is 66.6 Å². The van der Waals surface area contributed by atoms with E-state index in [1.165, 1.54) is 0 Å². The summed E-state index contributed by atoms with van der Waals surface area (Å²) in [6.45, 7) is 3.96. The Morgan fingerprint density at radius 1 is 1.27 bits per heavy atom. The molecule has 2 rings (SSSR count). The van der Waals surface area contributed by atoms with Gasteiger partial charge in [0.05, 0.1) is 18.5 Å². The molecule has 5 nitrogen and oxygen atoms in total. The number of nitrogens with zero attached hydrogens (tertiary/aromatic N) is 1. The normalized spacial score (nSPS) is 11.6. The average molecular weight is 297 g/mol. The van der Waals surface area contributed by atoms with Crippen LogP contribution in [0.3, 0.4) is 0 Å². The Labute approximate surface area is 129 Å². The fourth-order valence-corrected chi connectivity index (χ4v) is 1.76. The number of para-hydroxylation sites is 1. The number of benzene rings is 1. The maximum Gasteiger partial charge on any atom is 0.259 e. The third-order valence-corrected chi connectivity index (χ3v) is 2.97. The lowest BCUT2D eigenvalue weighted by atomic mass is 10.2. The SMILES string of the molecule is CC(/C=C/c1ccco1)=N/NC(=O)CNc1ccccc1C. The van der Waals surface area contributed by atoms with E-state index in [2.05, 4.69) is 15.8 Å². The Bertz CT molecular complexity index is 673. The van der Waals surface area contributed by atoms with Gasteiger partial charge in [-0.25, -0.2) is 5.43 Å². The van der Waals surface area contributed by atoms with E-state index in [1.54, 1.807) is 25.3 Å². The number of rotatable bonds is 6. The Morgan fingerprint density at radius 3 is 2.82 bits per heavy atom. The van der Waals surface area contributed by atoms with Crippen molar-refractivity contribution >= 4 is 23.4 Å². The van der Waals surface area contributed by atoms with Crippen LogP contribution in [-0.2, 0) is 4.79 Å². The highest BCUT2D eigenvalue weighted by molar-refractivity contribution is 5.96. The van der Waals surface area contributed by atoms with E-state index in [-0.39, 0.29) is 12.5 Å². The van der Waals surface area contributed by atoms with Gasteiger partial charge in [0.25, 0.3) is 5.91 Å². The number of carbonyl (C=O) groups excluding carboxylic acids is 1. The number of amides is 1. The highest BCUT2D eigenvalue weighted by Crippen LogP contribution is 2.12. The van der Waals surface area contributed by atoms with Crippen LogP contribution in [0.2, 0.25) is 0 Å². The van der Waals surface area contributed by atoms with Gasteiger partial charge in [0, 0.05) is 5.69 Å². The molecule has 1 aromatic carbocycles. The molecule has 114 valence electrons. The first-order valence-electron chi connectivity index (χ1n) is 6.99. The van der Waals surface area contributed by atoms with Crippen molar-refractivity contribution in [3.63, 3.8) is 0 Å². The number of hydrogen-bond donors (Lipinski definition) is 2. The summed E-state index contributed by atoms with van der Waals surface area (Å²) in [4.78, 5) is 11.7. The van der Waals surface area contributed by atoms with Gasteiger partial charge in [-0.2, -0.15) is 5.10 Å². The van der Waals surface area contributed by atoms with Gasteiger partial charge in [-0.15, -0.1) is 0 Å². The Hall–Kier alpha value is -2.82. The van der Waals surface area contributed by atoms with Crippen molar-refractivity contribution < 1.29 is 9.21 Å². The molecule has 0 radical (unpaired) electrons. The molecule has 22 heavy (non-hydrogen) atoms. The molecule has 5 heteroatoms. The zero-order valence-corrected chi connectivity index (χ0v) is 12.7. The Balaban J connectivity index is 1.79. The van der Waals surface area contributed by atoms with Gasteiger partial charge in [-0.05, 0) is 49.8 Å². The number of furan rings is 1. The minimum absolute atomic E-state index is 0.170. The molecule has 0 aliphatic heterocycles. The number of hydrazone groups is 1. The summed E-state index contributed by atoms with van der Waals surface area (Å²) in [5.74, 6) is 0.538. The van der Waals surface area contributed by atoms with Crippen LogP contribution < -0.4 is 10.7 Å². The van der Waals surface area contributed by atoms with E-state index < -0.39 is 0 Å². The average Bonchev–Trinajstić information content (AvgIpc) is 3.03. The van der Waals surface area contributed by atoms with Crippen LogP contribution in [0, 0.1) is 6.92 Å². The lowest BCUT2D eigenvalue weighted by molar-refractivity contribution is -0.119. The van der Waals surface area contributed by atoms with Crippen LogP contribution in [0.25, 0.3) is 6.08 Å². The van der Waals surface area contributed by atoms with Crippen molar-refractivity contribution in [2.45, 2.75) is 13.8 Å². The van der Waals surface area contributed by atoms with E-state index in [9.17, 15) is 4.79 Å². The van der Waals surface area contributed by atoms with Gasteiger partial charge >= 0.3 is 0 Å². The fraction of sp³-hybridized carbons (Fsp3) is 0.176. The molecular formula is C17H19N3O2. The largest absolute Gasteiger partial charge is 0.465 e. The molecule has 0 fully saturated rings. The van der Waals surface area contributed by atoms with E-state index in [4.69, 9.17) is 4.42 Å². The Kier molecular flexibility index (Phi) is 5.54. The van der Waals surface area contributed by atoms with Crippen LogP contribution in [0.15, 0.2) is 58.3 Å². The lowest BCUT2D eigenvalue weighted by Crippen LogP contribution is -2.26. The van der Waals surface area contributed by atoms with Crippen LogP contribution in [-0.4, -0.2) is 18.2 Å². The van der Waals surface area contributed by atoms with Gasteiger partial charge in [0.2, 0.25) is 0 Å². The second kappa shape index (κ2) is 7.83. The molecular weight excluding hydrogens is 278 g/mol. The first-order valence-corrected chi connectivity index (χ1v) is 6.99. The molecule has 1 aromatic heterocycles. The van der Waals surface area contributed by atoms with Crippen molar-refractivity contribution in [2.24, 2.45) is 5.10 Å². The molecule has 0 atom stereocenters. The molecule has 0 aliphatic carbocycles. The molecule has 0 spiro atoms. The number of nitrogens with one attached hydrogen (secondary N) is 2. The summed E-state index contributed by atoms with van der Waals surface area (Å²) < 4.78 is 5.17. The first-order chi connectivity index (χ1) is 10.6. The summed E-state index contributed by atoms with van der Waals surface area (Å²) in [6.07, 6.45) is 5.16. The predicted octanol–water partition coefficient (Wildman–Crippen LogP) is 3.21. The molecule has 2 aromatic rings. The van der Waals surface area contributed by atoms with E-state index >= 15 is 0 Å². The maximum atomic E-state index is 11.7.